The average Bonchev–Trinajstić information content (AvgIpc) is 2.93. The van der Waals surface area contributed by atoms with E-state index in [9.17, 15) is 13.2 Å². The lowest BCUT2D eigenvalue weighted by atomic mass is 10.1. The van der Waals surface area contributed by atoms with E-state index in [-0.39, 0.29) is 17.1 Å². The van der Waals surface area contributed by atoms with E-state index in [0.717, 1.165) is 4.31 Å². The molecule has 0 spiro atoms. The largest absolute Gasteiger partial charge is 0.478 e. The molecule has 8 heteroatoms. The highest BCUT2D eigenvalue weighted by Gasteiger charge is 2.22. The number of aromatic nitrogens is 2. The van der Waals surface area contributed by atoms with Gasteiger partial charge in [-0.25, -0.2) is 13.2 Å². The van der Waals surface area contributed by atoms with Gasteiger partial charge in [0.1, 0.15) is 0 Å². The molecule has 0 radical (unpaired) electrons. The molecule has 0 amide bonds. The summed E-state index contributed by atoms with van der Waals surface area (Å²) in [4.78, 5) is 10.7. The minimum Gasteiger partial charge on any atom is -0.478 e. The van der Waals surface area contributed by atoms with Gasteiger partial charge in [0.2, 0.25) is 0 Å². The number of carboxylic acid groups (broad SMARTS) is 1. The van der Waals surface area contributed by atoms with E-state index in [1.807, 2.05) is 0 Å². The number of carboxylic acids is 1. The van der Waals surface area contributed by atoms with Crippen LogP contribution in [0.2, 0.25) is 0 Å². The number of hydrogen-bond donors (Lipinski definition) is 2. The third-order valence-electron chi connectivity index (χ3n) is 2.77. The van der Waals surface area contributed by atoms with Gasteiger partial charge in [-0.1, -0.05) is 12.1 Å². The maximum Gasteiger partial charge on any atom is 0.335 e. The molecule has 0 atom stereocenters. The smallest absolute Gasteiger partial charge is 0.335 e. The molecule has 1 aromatic heterocycles. The standard InChI is InChI=1S/C12H13N3O4S/c1-15(20(18,19)11-6-7-13-14-11)8-9-2-4-10(5-3-9)12(16)17/h2-7H,8H2,1H3,(H,13,14)(H,16,17). The molecule has 1 heterocycles. The predicted molar refractivity (Wildman–Crippen MR) is 70.6 cm³/mol. The second-order valence-corrected chi connectivity index (χ2v) is 6.20. The Morgan fingerprint density at radius 3 is 2.45 bits per heavy atom. The highest BCUT2D eigenvalue weighted by atomic mass is 32.2. The lowest BCUT2D eigenvalue weighted by molar-refractivity contribution is 0.0697. The molecule has 0 unspecified atom stereocenters. The average molecular weight is 295 g/mol. The van der Waals surface area contributed by atoms with Crippen molar-refractivity contribution in [3.05, 3.63) is 47.7 Å². The van der Waals surface area contributed by atoms with E-state index >= 15 is 0 Å². The zero-order valence-corrected chi connectivity index (χ0v) is 11.5. The van der Waals surface area contributed by atoms with E-state index in [4.69, 9.17) is 5.11 Å². The number of aromatic carboxylic acids is 1. The van der Waals surface area contributed by atoms with Crippen LogP contribution < -0.4 is 0 Å². The summed E-state index contributed by atoms with van der Waals surface area (Å²) in [5.41, 5.74) is 0.855. The molecule has 0 fully saturated rings. The number of sulfonamides is 1. The van der Waals surface area contributed by atoms with Gasteiger partial charge >= 0.3 is 5.97 Å². The number of rotatable bonds is 5. The summed E-state index contributed by atoms with van der Waals surface area (Å²) in [6, 6.07) is 7.42. The van der Waals surface area contributed by atoms with Crippen molar-refractivity contribution in [2.45, 2.75) is 11.6 Å². The summed E-state index contributed by atoms with van der Waals surface area (Å²) >= 11 is 0. The number of nitrogens with one attached hydrogen (secondary N) is 1. The number of hydrogen-bond acceptors (Lipinski definition) is 4. The monoisotopic (exact) mass is 295 g/mol. The SMILES string of the molecule is CN(Cc1ccc(C(=O)O)cc1)S(=O)(=O)c1ccn[nH]1. The molecular weight excluding hydrogens is 282 g/mol. The van der Waals surface area contributed by atoms with E-state index in [1.165, 1.54) is 31.4 Å². The molecule has 106 valence electrons. The first-order valence-electron chi connectivity index (χ1n) is 5.69. The molecule has 7 nitrogen and oxygen atoms in total. The van der Waals surface area contributed by atoms with Crippen LogP contribution in [0, 0.1) is 0 Å². The van der Waals surface area contributed by atoms with Gasteiger partial charge in [0.05, 0.1) is 11.8 Å². The second kappa shape index (κ2) is 5.43. The molecule has 0 aliphatic rings. The Bertz CT molecular complexity index is 693. The number of H-pyrrole nitrogens is 1. The lowest BCUT2D eigenvalue weighted by Crippen LogP contribution is -2.26. The zero-order chi connectivity index (χ0) is 14.8. The van der Waals surface area contributed by atoms with Crippen molar-refractivity contribution in [1.29, 1.82) is 0 Å². The molecule has 20 heavy (non-hydrogen) atoms. The van der Waals surface area contributed by atoms with Gasteiger partial charge in [-0.05, 0) is 23.8 Å². The number of aromatic amines is 1. The summed E-state index contributed by atoms with van der Waals surface area (Å²) in [7, 11) is -2.18. The summed E-state index contributed by atoms with van der Waals surface area (Å²) in [6.45, 7) is 0.140. The van der Waals surface area contributed by atoms with Crippen molar-refractivity contribution in [1.82, 2.24) is 14.5 Å². The molecule has 2 aromatic rings. The van der Waals surface area contributed by atoms with Gasteiger partial charge in [-0.2, -0.15) is 9.40 Å². The Balaban J connectivity index is 2.16. The molecule has 1 aromatic carbocycles. The van der Waals surface area contributed by atoms with Crippen molar-refractivity contribution in [2.75, 3.05) is 7.05 Å². The van der Waals surface area contributed by atoms with Gasteiger partial charge in [0, 0.05) is 13.6 Å². The zero-order valence-electron chi connectivity index (χ0n) is 10.6. The summed E-state index contributed by atoms with van der Waals surface area (Å²) < 4.78 is 25.4. The normalized spacial score (nSPS) is 11.7. The first-order chi connectivity index (χ1) is 9.41. The highest BCUT2D eigenvalue weighted by molar-refractivity contribution is 7.89. The van der Waals surface area contributed by atoms with Gasteiger partial charge in [0.15, 0.2) is 5.03 Å². The third kappa shape index (κ3) is 2.86. The molecule has 2 rings (SSSR count). The molecule has 0 aliphatic carbocycles. The van der Waals surface area contributed by atoms with Gasteiger partial charge in [-0.3, -0.25) is 5.10 Å². The van der Waals surface area contributed by atoms with Crippen LogP contribution in [0.15, 0.2) is 41.6 Å². The Labute approximate surface area is 115 Å². The first kappa shape index (κ1) is 14.2. The maximum atomic E-state index is 12.1. The van der Waals surface area contributed by atoms with Crippen LogP contribution in [0.3, 0.4) is 0 Å². The van der Waals surface area contributed by atoms with Crippen LogP contribution in [0.1, 0.15) is 15.9 Å². The first-order valence-corrected chi connectivity index (χ1v) is 7.13. The van der Waals surface area contributed by atoms with E-state index in [1.54, 1.807) is 12.1 Å². The topological polar surface area (TPSA) is 103 Å². The Morgan fingerprint density at radius 2 is 1.95 bits per heavy atom. The minimum absolute atomic E-state index is 0.0159. The molecular formula is C12H13N3O4S. The van der Waals surface area contributed by atoms with Crippen molar-refractivity contribution in [2.24, 2.45) is 0 Å². The fourth-order valence-corrected chi connectivity index (χ4v) is 2.71. The second-order valence-electron chi connectivity index (χ2n) is 4.18. The molecule has 0 aliphatic heterocycles. The van der Waals surface area contributed by atoms with Crippen LogP contribution >= 0.6 is 0 Å². The van der Waals surface area contributed by atoms with E-state index < -0.39 is 16.0 Å². The van der Waals surface area contributed by atoms with Crippen molar-refractivity contribution >= 4 is 16.0 Å². The lowest BCUT2D eigenvalue weighted by Gasteiger charge is -2.15. The van der Waals surface area contributed by atoms with E-state index in [0.29, 0.717) is 5.56 Å². The quantitative estimate of drug-likeness (QED) is 0.854. The molecule has 0 saturated carbocycles. The van der Waals surface area contributed by atoms with Crippen LogP contribution in [0.4, 0.5) is 0 Å². The fourth-order valence-electron chi connectivity index (χ4n) is 1.65. The Kier molecular flexibility index (Phi) is 3.86. The number of benzene rings is 1. The number of nitrogens with zero attached hydrogens (tertiary/aromatic N) is 2. The minimum atomic E-state index is -3.62. The van der Waals surface area contributed by atoms with Crippen LogP contribution in [-0.2, 0) is 16.6 Å². The maximum absolute atomic E-state index is 12.1. The van der Waals surface area contributed by atoms with Crippen LogP contribution in [0.5, 0.6) is 0 Å². The van der Waals surface area contributed by atoms with Gasteiger partial charge in [-0.15, -0.1) is 0 Å². The van der Waals surface area contributed by atoms with Crippen molar-refractivity contribution in [3.8, 4) is 0 Å². The predicted octanol–water partition coefficient (Wildman–Crippen LogP) is 0.929. The van der Waals surface area contributed by atoms with Gasteiger partial charge in [0.25, 0.3) is 10.0 Å². The molecule has 2 N–H and O–H groups in total. The fraction of sp³-hybridized carbons (Fsp3) is 0.167. The molecule has 0 bridgehead atoms. The van der Waals surface area contributed by atoms with Gasteiger partial charge < -0.3 is 5.11 Å². The van der Waals surface area contributed by atoms with Crippen molar-refractivity contribution < 1.29 is 18.3 Å². The molecule has 0 saturated heterocycles. The Morgan fingerprint density at radius 1 is 1.30 bits per heavy atom. The Hall–Kier alpha value is -2.19. The highest BCUT2D eigenvalue weighted by Crippen LogP contribution is 2.14. The summed E-state index contributed by atoms with van der Waals surface area (Å²) in [5.74, 6) is -1.02. The van der Waals surface area contributed by atoms with Crippen LogP contribution in [0.25, 0.3) is 0 Å². The third-order valence-corrected chi connectivity index (χ3v) is 4.50. The van der Waals surface area contributed by atoms with Crippen molar-refractivity contribution in [3.63, 3.8) is 0 Å². The van der Waals surface area contributed by atoms with Crippen LogP contribution in [-0.4, -0.2) is 41.0 Å². The number of carbonyl (C=O) groups is 1. The summed E-state index contributed by atoms with van der Waals surface area (Å²) in [6.07, 6.45) is 1.36. The summed E-state index contributed by atoms with van der Waals surface area (Å²) in [5, 5.41) is 14.8. The van der Waals surface area contributed by atoms with E-state index in [2.05, 4.69) is 10.2 Å².